The van der Waals surface area contributed by atoms with Crippen molar-refractivity contribution in [1.29, 1.82) is 0 Å². The summed E-state index contributed by atoms with van der Waals surface area (Å²) >= 11 is 11.4. The summed E-state index contributed by atoms with van der Waals surface area (Å²) in [7, 11) is 0. The van der Waals surface area contributed by atoms with Gasteiger partial charge in [0.15, 0.2) is 0 Å². The number of benzene rings is 1. The Morgan fingerprint density at radius 2 is 2.17 bits per heavy atom. The largest absolute Gasteiger partial charge is 0.306 e. The molecule has 0 radical (unpaired) electrons. The maximum Gasteiger partial charge on any atom is 0.0596 e. The van der Waals surface area contributed by atoms with Gasteiger partial charge in [0.25, 0.3) is 0 Å². The van der Waals surface area contributed by atoms with Gasteiger partial charge in [-0.25, -0.2) is 0 Å². The van der Waals surface area contributed by atoms with E-state index in [1.807, 2.05) is 12.1 Å². The quantitative estimate of drug-likeness (QED) is 0.806. The second-order valence-electron chi connectivity index (χ2n) is 4.15. The lowest BCUT2D eigenvalue weighted by Crippen LogP contribution is -2.21. The Morgan fingerprint density at radius 3 is 2.72 bits per heavy atom. The van der Waals surface area contributed by atoms with Crippen LogP contribution in [0, 0.1) is 6.92 Å². The van der Waals surface area contributed by atoms with Gasteiger partial charge in [-0.05, 0) is 48.2 Å². The fourth-order valence-corrected chi connectivity index (χ4v) is 3.60. The number of thiophene rings is 1. The molecule has 1 aromatic carbocycles. The van der Waals surface area contributed by atoms with E-state index in [2.05, 4.69) is 52.6 Å². The van der Waals surface area contributed by atoms with Crippen molar-refractivity contribution in [3.63, 3.8) is 0 Å². The molecule has 4 heteroatoms. The van der Waals surface area contributed by atoms with Gasteiger partial charge in [-0.2, -0.15) is 0 Å². The van der Waals surface area contributed by atoms with E-state index in [0.29, 0.717) is 0 Å². The van der Waals surface area contributed by atoms with Crippen LogP contribution < -0.4 is 5.32 Å². The van der Waals surface area contributed by atoms with Crippen molar-refractivity contribution < 1.29 is 0 Å². The minimum absolute atomic E-state index is 0.214. The van der Waals surface area contributed by atoms with Crippen LogP contribution >= 0.6 is 38.9 Å². The van der Waals surface area contributed by atoms with E-state index in [-0.39, 0.29) is 6.04 Å². The molecule has 0 fully saturated rings. The van der Waals surface area contributed by atoms with Crippen LogP contribution in [0.25, 0.3) is 0 Å². The van der Waals surface area contributed by atoms with Gasteiger partial charge in [0.05, 0.1) is 6.04 Å². The van der Waals surface area contributed by atoms with Crippen LogP contribution in [0.1, 0.15) is 29.0 Å². The highest BCUT2D eigenvalue weighted by atomic mass is 79.9. The molecule has 0 saturated carbocycles. The molecule has 1 unspecified atom stereocenters. The van der Waals surface area contributed by atoms with Crippen LogP contribution in [0.5, 0.6) is 0 Å². The van der Waals surface area contributed by atoms with Crippen molar-refractivity contribution in [2.75, 3.05) is 6.54 Å². The second-order valence-corrected chi connectivity index (χ2v) is 6.55. The first kappa shape index (κ1) is 14.1. The molecule has 18 heavy (non-hydrogen) atoms. The summed E-state index contributed by atoms with van der Waals surface area (Å²) in [5, 5.41) is 6.49. The van der Waals surface area contributed by atoms with Crippen molar-refractivity contribution in [1.82, 2.24) is 5.32 Å². The minimum Gasteiger partial charge on any atom is -0.306 e. The Bertz CT molecular complexity index is 538. The third kappa shape index (κ3) is 3.15. The van der Waals surface area contributed by atoms with Crippen molar-refractivity contribution in [3.05, 3.63) is 55.1 Å². The van der Waals surface area contributed by atoms with Crippen LogP contribution in [-0.4, -0.2) is 6.54 Å². The SMILES string of the molecule is CCNC(c1csc(C)c1)c1ccc(Cl)cc1Br. The van der Waals surface area contributed by atoms with Gasteiger partial charge < -0.3 is 5.32 Å². The van der Waals surface area contributed by atoms with Crippen molar-refractivity contribution >= 4 is 38.9 Å². The number of hydrogen-bond donors (Lipinski definition) is 1. The predicted molar refractivity (Wildman–Crippen MR) is 83.7 cm³/mol. The van der Waals surface area contributed by atoms with Crippen molar-refractivity contribution in [2.24, 2.45) is 0 Å². The minimum atomic E-state index is 0.214. The molecule has 2 aromatic rings. The number of nitrogens with one attached hydrogen (secondary N) is 1. The Morgan fingerprint density at radius 1 is 1.39 bits per heavy atom. The first-order valence-corrected chi connectivity index (χ1v) is 7.90. The summed E-state index contributed by atoms with van der Waals surface area (Å²) in [5.41, 5.74) is 2.53. The zero-order valence-electron chi connectivity index (χ0n) is 10.3. The number of hydrogen-bond acceptors (Lipinski definition) is 2. The summed E-state index contributed by atoms with van der Waals surface area (Å²) in [6.07, 6.45) is 0. The summed E-state index contributed by atoms with van der Waals surface area (Å²) in [6.45, 7) is 5.18. The summed E-state index contributed by atoms with van der Waals surface area (Å²) in [5.74, 6) is 0. The van der Waals surface area contributed by atoms with Gasteiger partial charge in [0, 0.05) is 14.4 Å². The summed E-state index contributed by atoms with van der Waals surface area (Å²) in [4.78, 5) is 1.33. The average Bonchev–Trinajstić information content (AvgIpc) is 2.73. The van der Waals surface area contributed by atoms with Crippen LogP contribution in [0.4, 0.5) is 0 Å². The lowest BCUT2D eigenvalue weighted by Gasteiger charge is -2.19. The molecule has 1 N–H and O–H groups in total. The molecule has 0 saturated heterocycles. The highest BCUT2D eigenvalue weighted by Crippen LogP contribution is 2.32. The summed E-state index contributed by atoms with van der Waals surface area (Å²) in [6, 6.07) is 8.41. The topological polar surface area (TPSA) is 12.0 Å². The summed E-state index contributed by atoms with van der Waals surface area (Å²) < 4.78 is 1.05. The lowest BCUT2D eigenvalue weighted by atomic mass is 10.0. The maximum atomic E-state index is 6.00. The molecule has 0 aliphatic heterocycles. The van der Waals surface area contributed by atoms with Gasteiger partial charge >= 0.3 is 0 Å². The average molecular weight is 345 g/mol. The molecule has 0 bridgehead atoms. The first-order valence-electron chi connectivity index (χ1n) is 5.85. The number of halogens is 2. The van der Waals surface area contributed by atoms with E-state index < -0.39 is 0 Å². The van der Waals surface area contributed by atoms with E-state index >= 15 is 0 Å². The zero-order chi connectivity index (χ0) is 13.1. The number of rotatable bonds is 4. The Balaban J connectivity index is 2.41. The third-order valence-corrected chi connectivity index (χ3v) is 4.57. The molecular weight excluding hydrogens is 330 g/mol. The molecule has 0 aliphatic rings. The Labute approximate surface area is 125 Å². The van der Waals surface area contributed by atoms with E-state index in [4.69, 9.17) is 11.6 Å². The van der Waals surface area contributed by atoms with E-state index in [1.54, 1.807) is 11.3 Å². The van der Waals surface area contributed by atoms with E-state index in [0.717, 1.165) is 16.0 Å². The van der Waals surface area contributed by atoms with E-state index in [1.165, 1.54) is 16.0 Å². The van der Waals surface area contributed by atoms with Gasteiger partial charge in [0.2, 0.25) is 0 Å². The molecule has 0 aliphatic carbocycles. The smallest absolute Gasteiger partial charge is 0.0596 e. The molecule has 1 heterocycles. The molecule has 2 rings (SSSR count). The maximum absolute atomic E-state index is 6.00. The van der Waals surface area contributed by atoms with Crippen LogP contribution in [-0.2, 0) is 0 Å². The van der Waals surface area contributed by atoms with Crippen LogP contribution in [0.3, 0.4) is 0 Å². The first-order chi connectivity index (χ1) is 8.61. The molecular formula is C14H15BrClNS. The standard InChI is InChI=1S/C14H15BrClNS/c1-3-17-14(10-6-9(2)18-8-10)12-5-4-11(16)7-13(12)15/h4-8,14,17H,3H2,1-2H3. The molecule has 1 atom stereocenters. The third-order valence-electron chi connectivity index (χ3n) is 2.77. The second kappa shape index (κ2) is 6.20. The fourth-order valence-electron chi connectivity index (χ4n) is 1.96. The Hall–Kier alpha value is -0.350. The van der Waals surface area contributed by atoms with E-state index in [9.17, 15) is 0 Å². The predicted octanol–water partition coefficient (Wildman–Crippen LogP) is 5.17. The van der Waals surface area contributed by atoms with Crippen molar-refractivity contribution in [2.45, 2.75) is 19.9 Å². The van der Waals surface area contributed by atoms with Gasteiger partial charge in [0.1, 0.15) is 0 Å². The molecule has 0 amide bonds. The van der Waals surface area contributed by atoms with Gasteiger partial charge in [-0.3, -0.25) is 0 Å². The zero-order valence-corrected chi connectivity index (χ0v) is 13.5. The van der Waals surface area contributed by atoms with Crippen LogP contribution in [0.2, 0.25) is 5.02 Å². The van der Waals surface area contributed by atoms with Gasteiger partial charge in [-0.15, -0.1) is 11.3 Å². The Kier molecular flexibility index (Phi) is 4.84. The molecule has 1 aromatic heterocycles. The molecule has 1 nitrogen and oxygen atoms in total. The molecule has 0 spiro atoms. The monoisotopic (exact) mass is 343 g/mol. The highest BCUT2D eigenvalue weighted by molar-refractivity contribution is 9.10. The molecule has 96 valence electrons. The van der Waals surface area contributed by atoms with Crippen LogP contribution in [0.15, 0.2) is 34.1 Å². The normalized spacial score (nSPS) is 12.7. The fraction of sp³-hybridized carbons (Fsp3) is 0.286. The number of aryl methyl sites for hydroxylation is 1. The van der Waals surface area contributed by atoms with Gasteiger partial charge in [-0.1, -0.05) is 40.5 Å². The van der Waals surface area contributed by atoms with Crippen molar-refractivity contribution in [3.8, 4) is 0 Å². The lowest BCUT2D eigenvalue weighted by molar-refractivity contribution is 0.630. The highest BCUT2D eigenvalue weighted by Gasteiger charge is 2.16.